The SMILES string of the molecule is N#Cc1ccc(C(=O)OCc2cc(=O)oc3cc4c(cc23)CCC4)cc1. The van der Waals surface area contributed by atoms with Gasteiger partial charge in [-0.15, -0.1) is 0 Å². The third-order valence-electron chi connectivity index (χ3n) is 4.65. The van der Waals surface area contributed by atoms with E-state index in [4.69, 9.17) is 14.4 Å². The average Bonchev–Trinajstić information content (AvgIpc) is 3.11. The molecule has 128 valence electrons. The van der Waals surface area contributed by atoms with Gasteiger partial charge in [-0.25, -0.2) is 9.59 Å². The maximum Gasteiger partial charge on any atom is 0.338 e. The van der Waals surface area contributed by atoms with Gasteiger partial charge in [0.15, 0.2) is 0 Å². The van der Waals surface area contributed by atoms with Crippen LogP contribution in [0.3, 0.4) is 0 Å². The molecule has 0 amide bonds. The smallest absolute Gasteiger partial charge is 0.338 e. The predicted octanol–water partition coefficient (Wildman–Crippen LogP) is 3.51. The molecule has 3 aromatic rings. The molecule has 0 radical (unpaired) electrons. The number of esters is 1. The molecule has 0 fully saturated rings. The fourth-order valence-corrected chi connectivity index (χ4v) is 3.32. The Morgan fingerprint density at radius 3 is 2.58 bits per heavy atom. The summed E-state index contributed by atoms with van der Waals surface area (Å²) in [6.45, 7) is -0.0142. The van der Waals surface area contributed by atoms with Gasteiger partial charge in [0.25, 0.3) is 0 Å². The molecule has 5 heteroatoms. The number of ether oxygens (including phenoxy) is 1. The first-order chi connectivity index (χ1) is 12.6. The number of nitrogens with zero attached hydrogens (tertiary/aromatic N) is 1. The molecule has 1 aliphatic rings. The van der Waals surface area contributed by atoms with Crippen molar-refractivity contribution in [1.82, 2.24) is 0 Å². The normalized spacial score (nSPS) is 12.6. The van der Waals surface area contributed by atoms with Crippen LogP contribution in [0, 0.1) is 11.3 Å². The van der Waals surface area contributed by atoms with Crippen molar-refractivity contribution in [1.29, 1.82) is 5.26 Å². The summed E-state index contributed by atoms with van der Waals surface area (Å²) in [4.78, 5) is 24.1. The van der Waals surface area contributed by atoms with Crippen LogP contribution in [0.2, 0.25) is 0 Å². The van der Waals surface area contributed by atoms with Crippen LogP contribution in [0.5, 0.6) is 0 Å². The van der Waals surface area contributed by atoms with E-state index in [0.29, 0.717) is 22.3 Å². The minimum absolute atomic E-state index is 0.0142. The summed E-state index contributed by atoms with van der Waals surface area (Å²) in [6, 6.07) is 13.5. The third-order valence-corrected chi connectivity index (χ3v) is 4.65. The fourth-order valence-electron chi connectivity index (χ4n) is 3.32. The zero-order valence-corrected chi connectivity index (χ0v) is 14.0. The van der Waals surface area contributed by atoms with Gasteiger partial charge in [-0.05, 0) is 66.8 Å². The Kier molecular flexibility index (Phi) is 4.02. The minimum Gasteiger partial charge on any atom is -0.457 e. The van der Waals surface area contributed by atoms with E-state index in [0.717, 1.165) is 24.6 Å². The lowest BCUT2D eigenvalue weighted by atomic mass is 10.0. The first-order valence-corrected chi connectivity index (χ1v) is 8.40. The summed E-state index contributed by atoms with van der Waals surface area (Å²) in [6.07, 6.45) is 3.10. The molecular weight excluding hydrogens is 330 g/mol. The van der Waals surface area contributed by atoms with Crippen molar-refractivity contribution < 1.29 is 13.9 Å². The van der Waals surface area contributed by atoms with Crippen molar-refractivity contribution in [2.24, 2.45) is 0 Å². The van der Waals surface area contributed by atoms with Crippen molar-refractivity contribution in [2.45, 2.75) is 25.9 Å². The van der Waals surface area contributed by atoms with Crippen molar-refractivity contribution in [3.63, 3.8) is 0 Å². The van der Waals surface area contributed by atoms with Gasteiger partial charge in [-0.3, -0.25) is 0 Å². The van der Waals surface area contributed by atoms with Gasteiger partial charge < -0.3 is 9.15 Å². The Morgan fingerprint density at radius 2 is 1.85 bits per heavy atom. The maximum atomic E-state index is 12.2. The summed E-state index contributed by atoms with van der Waals surface area (Å²) < 4.78 is 10.7. The van der Waals surface area contributed by atoms with Crippen molar-refractivity contribution in [3.8, 4) is 6.07 Å². The molecule has 0 aliphatic heterocycles. The number of carbonyl (C=O) groups excluding carboxylic acids is 1. The van der Waals surface area contributed by atoms with Gasteiger partial charge in [0.05, 0.1) is 17.2 Å². The Balaban J connectivity index is 1.61. The number of hydrogen-bond acceptors (Lipinski definition) is 5. The van der Waals surface area contributed by atoms with Gasteiger partial charge in [-0.2, -0.15) is 5.26 Å². The van der Waals surface area contributed by atoms with E-state index in [1.807, 2.05) is 18.2 Å². The second kappa shape index (κ2) is 6.49. The van der Waals surface area contributed by atoms with Crippen LogP contribution in [-0.4, -0.2) is 5.97 Å². The lowest BCUT2D eigenvalue weighted by Crippen LogP contribution is -2.08. The second-order valence-electron chi connectivity index (χ2n) is 6.33. The van der Waals surface area contributed by atoms with Gasteiger partial charge in [0.1, 0.15) is 12.2 Å². The van der Waals surface area contributed by atoms with Crippen molar-refractivity contribution in [3.05, 3.63) is 80.7 Å². The molecular formula is C21H15NO4. The second-order valence-corrected chi connectivity index (χ2v) is 6.33. The number of rotatable bonds is 3. The number of hydrogen-bond donors (Lipinski definition) is 0. The summed E-state index contributed by atoms with van der Waals surface area (Å²) in [5.74, 6) is -0.503. The van der Waals surface area contributed by atoms with E-state index in [9.17, 15) is 9.59 Å². The van der Waals surface area contributed by atoms with Crippen LogP contribution in [0.15, 0.2) is 51.7 Å². The number of aryl methyl sites for hydroxylation is 2. The highest BCUT2D eigenvalue weighted by Crippen LogP contribution is 2.28. The molecule has 1 aliphatic carbocycles. The standard InChI is InChI=1S/C21H15NO4/c22-11-13-4-6-14(7-5-13)21(24)25-12-17-10-20(23)26-19-9-16-3-1-2-15(16)8-18(17)19/h4-10H,1-3,12H2. The highest BCUT2D eigenvalue weighted by atomic mass is 16.5. The van der Waals surface area contributed by atoms with Gasteiger partial charge in [0, 0.05) is 17.0 Å². The fraction of sp³-hybridized carbons (Fsp3) is 0.190. The quantitative estimate of drug-likeness (QED) is 0.536. The van der Waals surface area contributed by atoms with E-state index >= 15 is 0 Å². The van der Waals surface area contributed by atoms with Gasteiger partial charge >= 0.3 is 11.6 Å². The van der Waals surface area contributed by atoms with Gasteiger partial charge in [-0.1, -0.05) is 0 Å². The zero-order chi connectivity index (χ0) is 18.1. The lowest BCUT2D eigenvalue weighted by Gasteiger charge is -2.09. The highest BCUT2D eigenvalue weighted by Gasteiger charge is 2.16. The Morgan fingerprint density at radius 1 is 1.12 bits per heavy atom. The largest absolute Gasteiger partial charge is 0.457 e. The Bertz CT molecular complexity index is 1100. The zero-order valence-electron chi connectivity index (χ0n) is 14.0. The molecule has 26 heavy (non-hydrogen) atoms. The molecule has 0 spiro atoms. The van der Waals surface area contributed by atoms with E-state index in [1.165, 1.54) is 17.2 Å². The molecule has 0 atom stereocenters. The van der Waals surface area contributed by atoms with Gasteiger partial charge in [0.2, 0.25) is 0 Å². The molecule has 0 unspecified atom stereocenters. The van der Waals surface area contributed by atoms with Crippen LogP contribution in [-0.2, 0) is 24.2 Å². The number of fused-ring (bicyclic) bond motifs is 2. The topological polar surface area (TPSA) is 80.3 Å². The first kappa shape index (κ1) is 16.1. The average molecular weight is 345 g/mol. The number of nitriles is 1. The highest BCUT2D eigenvalue weighted by molar-refractivity contribution is 5.90. The van der Waals surface area contributed by atoms with Crippen LogP contribution < -0.4 is 5.63 Å². The van der Waals surface area contributed by atoms with Crippen LogP contribution in [0.1, 0.15) is 39.0 Å². The predicted molar refractivity (Wildman–Crippen MR) is 94.8 cm³/mol. The molecule has 4 rings (SSSR count). The third kappa shape index (κ3) is 2.98. The van der Waals surface area contributed by atoms with Crippen LogP contribution in [0.25, 0.3) is 11.0 Å². The molecule has 5 nitrogen and oxygen atoms in total. The van der Waals surface area contributed by atoms with Crippen molar-refractivity contribution in [2.75, 3.05) is 0 Å². The molecule has 0 saturated carbocycles. The molecule has 1 aromatic heterocycles. The van der Waals surface area contributed by atoms with E-state index < -0.39 is 11.6 Å². The minimum atomic E-state index is -0.503. The molecule has 0 N–H and O–H groups in total. The number of carbonyl (C=O) groups is 1. The summed E-state index contributed by atoms with van der Waals surface area (Å²) in [5, 5.41) is 9.61. The van der Waals surface area contributed by atoms with Crippen LogP contribution in [0.4, 0.5) is 0 Å². The maximum absolute atomic E-state index is 12.2. The van der Waals surface area contributed by atoms with E-state index in [2.05, 4.69) is 0 Å². The molecule has 1 heterocycles. The molecule has 2 aromatic carbocycles. The van der Waals surface area contributed by atoms with E-state index in [-0.39, 0.29) is 6.61 Å². The monoisotopic (exact) mass is 345 g/mol. The molecule has 0 saturated heterocycles. The summed E-state index contributed by atoms with van der Waals surface area (Å²) in [5.41, 5.74) is 4.01. The summed E-state index contributed by atoms with van der Waals surface area (Å²) in [7, 11) is 0. The summed E-state index contributed by atoms with van der Waals surface area (Å²) >= 11 is 0. The van der Waals surface area contributed by atoms with E-state index in [1.54, 1.807) is 24.3 Å². The number of benzene rings is 2. The lowest BCUT2D eigenvalue weighted by molar-refractivity contribution is 0.0474. The van der Waals surface area contributed by atoms with Crippen LogP contribution >= 0.6 is 0 Å². The molecule has 0 bridgehead atoms. The Hall–Kier alpha value is -3.39. The van der Waals surface area contributed by atoms with Crippen molar-refractivity contribution >= 4 is 16.9 Å². The first-order valence-electron chi connectivity index (χ1n) is 8.40. The Labute approximate surface area is 149 Å².